The van der Waals surface area contributed by atoms with Crippen LogP contribution < -0.4 is 5.32 Å². The van der Waals surface area contributed by atoms with Gasteiger partial charge in [0.05, 0.1) is 0 Å². The molecule has 106 valence electrons. The number of aryl methyl sites for hydroxylation is 1. The second-order valence-electron chi connectivity index (χ2n) is 6.74. The first kappa shape index (κ1) is 14.6. The second kappa shape index (κ2) is 6.09. The summed E-state index contributed by atoms with van der Waals surface area (Å²) >= 11 is 0. The predicted octanol–water partition coefficient (Wildman–Crippen LogP) is 4.30. The van der Waals surface area contributed by atoms with Gasteiger partial charge in [-0.15, -0.1) is 0 Å². The minimum atomic E-state index is 0.401. The molecule has 1 aromatic rings. The maximum atomic E-state index is 3.65. The molecule has 1 heteroatoms. The molecule has 1 N–H and O–H groups in total. The average Bonchev–Trinajstić information content (AvgIpc) is 2.33. The van der Waals surface area contributed by atoms with Crippen molar-refractivity contribution >= 4 is 0 Å². The number of nitrogens with one attached hydrogen (secondary N) is 1. The Labute approximate surface area is 118 Å². The van der Waals surface area contributed by atoms with Crippen LogP contribution in [0.2, 0.25) is 0 Å². The van der Waals surface area contributed by atoms with Crippen LogP contribution in [0, 0.1) is 18.8 Å². The number of rotatable bonds is 6. The molecule has 0 aromatic heterocycles. The summed E-state index contributed by atoms with van der Waals surface area (Å²) in [6.45, 7) is 11.4. The topological polar surface area (TPSA) is 12.0 Å². The van der Waals surface area contributed by atoms with Gasteiger partial charge in [-0.1, -0.05) is 50.6 Å². The Morgan fingerprint density at radius 2 is 1.84 bits per heavy atom. The molecular formula is C18H29N. The first-order valence-electron chi connectivity index (χ1n) is 7.85. The van der Waals surface area contributed by atoms with Gasteiger partial charge in [0.2, 0.25) is 0 Å². The van der Waals surface area contributed by atoms with Crippen molar-refractivity contribution in [1.29, 1.82) is 0 Å². The van der Waals surface area contributed by atoms with Crippen LogP contribution in [0.25, 0.3) is 0 Å². The average molecular weight is 259 g/mol. The molecule has 0 heterocycles. The van der Waals surface area contributed by atoms with E-state index in [0.717, 1.165) is 24.9 Å². The lowest BCUT2D eigenvalue weighted by atomic mass is 9.56. The molecule has 1 nitrogen and oxygen atoms in total. The Bertz CT molecular complexity index is 385. The highest BCUT2D eigenvalue weighted by Crippen LogP contribution is 2.50. The minimum Gasteiger partial charge on any atom is -0.316 e. The molecule has 0 bridgehead atoms. The molecule has 1 aliphatic rings. The highest BCUT2D eigenvalue weighted by Gasteiger charge is 2.45. The van der Waals surface area contributed by atoms with Gasteiger partial charge in [-0.2, -0.15) is 0 Å². The lowest BCUT2D eigenvalue weighted by molar-refractivity contribution is 0.0979. The summed E-state index contributed by atoms with van der Waals surface area (Å²) in [5.41, 5.74) is 3.30. The minimum absolute atomic E-state index is 0.401. The van der Waals surface area contributed by atoms with E-state index in [9.17, 15) is 0 Å². The van der Waals surface area contributed by atoms with Crippen molar-refractivity contribution in [3.63, 3.8) is 0 Å². The lowest BCUT2D eigenvalue weighted by Gasteiger charge is -2.50. The highest BCUT2D eigenvalue weighted by molar-refractivity contribution is 5.32. The largest absolute Gasteiger partial charge is 0.316 e. The second-order valence-corrected chi connectivity index (χ2v) is 6.74. The summed E-state index contributed by atoms with van der Waals surface area (Å²) in [4.78, 5) is 0. The van der Waals surface area contributed by atoms with Gasteiger partial charge in [0, 0.05) is 12.0 Å². The van der Waals surface area contributed by atoms with Gasteiger partial charge in [-0.3, -0.25) is 0 Å². The van der Waals surface area contributed by atoms with Crippen LogP contribution in [-0.2, 0) is 5.41 Å². The van der Waals surface area contributed by atoms with E-state index in [1.807, 2.05) is 0 Å². The van der Waals surface area contributed by atoms with E-state index in [-0.39, 0.29) is 0 Å². The first-order valence-corrected chi connectivity index (χ1v) is 7.85. The number of benzene rings is 1. The van der Waals surface area contributed by atoms with Gasteiger partial charge in [-0.05, 0) is 50.1 Å². The van der Waals surface area contributed by atoms with Crippen molar-refractivity contribution in [3.05, 3.63) is 35.4 Å². The monoisotopic (exact) mass is 259 g/mol. The Kier molecular flexibility index (Phi) is 4.67. The Balaban J connectivity index is 2.09. The Morgan fingerprint density at radius 3 is 2.37 bits per heavy atom. The molecular weight excluding hydrogens is 230 g/mol. The van der Waals surface area contributed by atoms with Crippen molar-refractivity contribution in [2.24, 2.45) is 11.8 Å². The summed E-state index contributed by atoms with van der Waals surface area (Å²) in [5.74, 6) is 1.73. The van der Waals surface area contributed by atoms with E-state index in [1.54, 1.807) is 5.56 Å². The van der Waals surface area contributed by atoms with Crippen molar-refractivity contribution in [2.75, 3.05) is 13.1 Å². The smallest absolute Gasteiger partial charge is 0.00832 e. The zero-order chi connectivity index (χ0) is 13.9. The molecule has 0 atom stereocenters. The molecule has 0 spiro atoms. The summed E-state index contributed by atoms with van der Waals surface area (Å²) in [6.07, 6.45) is 3.92. The predicted molar refractivity (Wildman–Crippen MR) is 83.6 cm³/mol. The van der Waals surface area contributed by atoms with Crippen LogP contribution in [0.3, 0.4) is 0 Å². The summed E-state index contributed by atoms with van der Waals surface area (Å²) in [5, 5.41) is 3.65. The van der Waals surface area contributed by atoms with E-state index in [1.165, 1.54) is 24.8 Å². The van der Waals surface area contributed by atoms with Gasteiger partial charge >= 0.3 is 0 Å². The third-order valence-corrected chi connectivity index (χ3v) is 4.80. The fourth-order valence-corrected chi connectivity index (χ4v) is 3.31. The summed E-state index contributed by atoms with van der Waals surface area (Å²) in [6, 6.07) is 9.22. The summed E-state index contributed by atoms with van der Waals surface area (Å²) in [7, 11) is 0. The third-order valence-electron chi connectivity index (χ3n) is 4.80. The van der Waals surface area contributed by atoms with Gasteiger partial charge in [0.25, 0.3) is 0 Å². The molecule has 1 aromatic carbocycles. The van der Waals surface area contributed by atoms with Crippen molar-refractivity contribution in [1.82, 2.24) is 5.32 Å². The van der Waals surface area contributed by atoms with E-state index in [4.69, 9.17) is 0 Å². The lowest BCUT2D eigenvalue weighted by Crippen LogP contribution is -2.50. The van der Waals surface area contributed by atoms with Crippen molar-refractivity contribution in [2.45, 2.75) is 52.4 Å². The first-order chi connectivity index (χ1) is 9.07. The molecule has 1 fully saturated rings. The fraction of sp³-hybridized carbons (Fsp3) is 0.667. The quantitative estimate of drug-likeness (QED) is 0.751. The molecule has 0 radical (unpaired) electrons. The van der Waals surface area contributed by atoms with Crippen LogP contribution >= 0.6 is 0 Å². The van der Waals surface area contributed by atoms with Crippen molar-refractivity contribution in [3.8, 4) is 0 Å². The van der Waals surface area contributed by atoms with Crippen LogP contribution in [0.15, 0.2) is 24.3 Å². The SMILES string of the molecule is CCCNCC1(c2ccc(C)cc2)CC(C(C)C)C1. The molecule has 1 saturated carbocycles. The molecule has 2 rings (SSSR count). The van der Waals surface area contributed by atoms with Crippen LogP contribution in [0.1, 0.15) is 51.2 Å². The van der Waals surface area contributed by atoms with Crippen molar-refractivity contribution < 1.29 is 0 Å². The van der Waals surface area contributed by atoms with Gasteiger partial charge in [-0.25, -0.2) is 0 Å². The van der Waals surface area contributed by atoms with Gasteiger partial charge < -0.3 is 5.32 Å². The zero-order valence-corrected chi connectivity index (χ0v) is 13.0. The fourth-order valence-electron chi connectivity index (χ4n) is 3.31. The van der Waals surface area contributed by atoms with E-state index < -0.39 is 0 Å². The van der Waals surface area contributed by atoms with Crippen LogP contribution in [-0.4, -0.2) is 13.1 Å². The Morgan fingerprint density at radius 1 is 1.21 bits per heavy atom. The Hall–Kier alpha value is -0.820. The molecule has 0 aliphatic heterocycles. The standard InChI is InChI=1S/C18H29N/c1-5-10-19-13-18(11-16(12-18)14(2)3)17-8-6-15(4)7-9-17/h6-9,14,16,19H,5,10-13H2,1-4H3. The molecule has 0 saturated heterocycles. The van der Waals surface area contributed by atoms with E-state index >= 15 is 0 Å². The highest BCUT2D eigenvalue weighted by atomic mass is 14.9. The van der Waals surface area contributed by atoms with Crippen LogP contribution in [0.4, 0.5) is 0 Å². The zero-order valence-electron chi connectivity index (χ0n) is 13.0. The van der Waals surface area contributed by atoms with Gasteiger partial charge in [0.15, 0.2) is 0 Å². The summed E-state index contributed by atoms with van der Waals surface area (Å²) < 4.78 is 0. The normalized spacial score (nSPS) is 26.5. The van der Waals surface area contributed by atoms with E-state index in [2.05, 4.69) is 57.3 Å². The molecule has 0 unspecified atom stereocenters. The third kappa shape index (κ3) is 3.20. The number of hydrogen-bond donors (Lipinski definition) is 1. The van der Waals surface area contributed by atoms with E-state index in [0.29, 0.717) is 5.41 Å². The number of hydrogen-bond acceptors (Lipinski definition) is 1. The molecule has 1 aliphatic carbocycles. The van der Waals surface area contributed by atoms with Gasteiger partial charge in [0.1, 0.15) is 0 Å². The maximum absolute atomic E-state index is 3.65. The molecule has 0 amide bonds. The van der Waals surface area contributed by atoms with Crippen LogP contribution in [0.5, 0.6) is 0 Å². The maximum Gasteiger partial charge on any atom is 0.00832 e. The molecule has 19 heavy (non-hydrogen) atoms.